The van der Waals surface area contributed by atoms with Gasteiger partial charge in [-0.1, -0.05) is 29.3 Å². The summed E-state index contributed by atoms with van der Waals surface area (Å²) < 4.78 is 15.2. The molecule has 0 bridgehead atoms. The highest BCUT2D eigenvalue weighted by atomic mass is 35.5. The molecule has 6 rings (SSSR count). The van der Waals surface area contributed by atoms with Gasteiger partial charge in [0.1, 0.15) is 0 Å². The molecule has 40 heavy (non-hydrogen) atoms. The summed E-state index contributed by atoms with van der Waals surface area (Å²) in [6.45, 7) is 4.38. The van der Waals surface area contributed by atoms with Gasteiger partial charge in [-0.3, -0.25) is 19.5 Å². The third-order valence-electron chi connectivity index (χ3n) is 8.29. The lowest BCUT2D eigenvalue weighted by Crippen LogP contribution is -2.65. The summed E-state index contributed by atoms with van der Waals surface area (Å²) in [6.07, 6.45) is 2.65. The Morgan fingerprint density at radius 2 is 1.73 bits per heavy atom. The Labute approximate surface area is 241 Å². The van der Waals surface area contributed by atoms with E-state index in [-0.39, 0.29) is 37.5 Å². The van der Waals surface area contributed by atoms with Crippen LogP contribution in [0.2, 0.25) is 10.0 Å². The zero-order chi connectivity index (χ0) is 28.4. The summed E-state index contributed by atoms with van der Waals surface area (Å²) in [7, 11) is 0. The molecule has 3 aliphatic rings. The van der Waals surface area contributed by atoms with Crippen LogP contribution in [0.1, 0.15) is 32.4 Å². The number of carbonyl (C=O) groups excluding carboxylic acids is 1. The Bertz CT molecular complexity index is 1500. The van der Waals surface area contributed by atoms with E-state index in [1.165, 1.54) is 0 Å². The van der Waals surface area contributed by atoms with Crippen LogP contribution in [-0.4, -0.2) is 53.3 Å². The summed E-state index contributed by atoms with van der Waals surface area (Å²) in [5.41, 5.74) is 2.06. The molecule has 0 radical (unpaired) electrons. The lowest BCUT2D eigenvalue weighted by Gasteiger charge is -2.47. The first kappa shape index (κ1) is 27.0. The molecule has 208 valence electrons. The number of anilines is 3. The average molecular weight is 583 g/mol. The molecule has 7 nitrogen and oxygen atoms in total. The third-order valence-corrected chi connectivity index (χ3v) is 8.73. The van der Waals surface area contributed by atoms with Crippen molar-refractivity contribution in [3.05, 3.63) is 70.5 Å². The minimum absolute atomic E-state index is 0.0613. The molecule has 1 saturated heterocycles. The first-order valence-electron chi connectivity index (χ1n) is 13.3. The number of hydrogen-bond donors (Lipinski definition) is 2. The lowest BCUT2D eigenvalue weighted by molar-refractivity contribution is -0.145. The number of carboxylic acid groups (broad SMARTS) is 1. The number of halogens is 3. The van der Waals surface area contributed by atoms with Crippen LogP contribution >= 0.6 is 23.2 Å². The highest BCUT2D eigenvalue weighted by Crippen LogP contribution is 2.47. The molecule has 1 aliphatic carbocycles. The molecule has 2 aliphatic heterocycles. The normalized spacial score (nSPS) is 22.5. The van der Waals surface area contributed by atoms with Gasteiger partial charge in [0.25, 0.3) is 0 Å². The van der Waals surface area contributed by atoms with E-state index in [9.17, 15) is 9.59 Å². The standard InChI is InChI=1S/C30H29Cl2FN4O3/c1-29(2)26-24(11-19(32)13-34-26)23-8-3-18(31)12-25(23)37(28(29)40)22-6-4-21(5-7-22)36-15-30(33,16-36)14-35-20-9-17(10-20)27(38)39/h3-8,11-13,17,20,35H,9-10,14-16H2,1-2H3,(H,38,39). The largest absolute Gasteiger partial charge is 0.481 e. The minimum Gasteiger partial charge on any atom is -0.481 e. The van der Waals surface area contributed by atoms with Gasteiger partial charge in [-0.05, 0) is 69.2 Å². The first-order valence-corrected chi connectivity index (χ1v) is 14.0. The van der Waals surface area contributed by atoms with E-state index in [1.807, 2.05) is 55.1 Å². The van der Waals surface area contributed by atoms with E-state index in [0.29, 0.717) is 40.0 Å². The zero-order valence-electron chi connectivity index (χ0n) is 22.1. The number of aliphatic carboxylic acids is 1. The molecular formula is C30H29Cl2FN4O3. The predicted molar refractivity (Wildman–Crippen MR) is 155 cm³/mol. The van der Waals surface area contributed by atoms with Crippen LogP contribution in [-0.2, 0) is 15.0 Å². The van der Waals surface area contributed by atoms with Crippen molar-refractivity contribution in [3.8, 4) is 11.1 Å². The van der Waals surface area contributed by atoms with Crippen LogP contribution in [0.4, 0.5) is 21.5 Å². The lowest BCUT2D eigenvalue weighted by atomic mass is 9.80. The van der Waals surface area contributed by atoms with E-state index < -0.39 is 17.1 Å². The molecule has 1 amide bonds. The number of alkyl halides is 1. The van der Waals surface area contributed by atoms with E-state index in [0.717, 1.165) is 16.8 Å². The highest BCUT2D eigenvalue weighted by molar-refractivity contribution is 6.32. The van der Waals surface area contributed by atoms with E-state index in [1.54, 1.807) is 23.2 Å². The topological polar surface area (TPSA) is 85.8 Å². The van der Waals surface area contributed by atoms with Crippen molar-refractivity contribution in [2.45, 2.75) is 43.8 Å². The van der Waals surface area contributed by atoms with Gasteiger partial charge >= 0.3 is 5.97 Å². The fourth-order valence-corrected chi connectivity index (χ4v) is 6.19. The highest BCUT2D eigenvalue weighted by Gasteiger charge is 2.46. The quantitative estimate of drug-likeness (QED) is 0.371. The summed E-state index contributed by atoms with van der Waals surface area (Å²) in [4.78, 5) is 33.3. The van der Waals surface area contributed by atoms with Crippen LogP contribution in [0, 0.1) is 5.92 Å². The predicted octanol–water partition coefficient (Wildman–Crippen LogP) is 5.99. The Morgan fingerprint density at radius 1 is 1.05 bits per heavy atom. The molecule has 1 saturated carbocycles. The van der Waals surface area contributed by atoms with Crippen molar-refractivity contribution in [3.63, 3.8) is 0 Å². The van der Waals surface area contributed by atoms with E-state index >= 15 is 4.39 Å². The summed E-state index contributed by atoms with van der Waals surface area (Å²) in [6, 6.07) is 14.8. The summed E-state index contributed by atoms with van der Waals surface area (Å²) in [5.74, 6) is -1.26. The summed E-state index contributed by atoms with van der Waals surface area (Å²) in [5, 5.41) is 13.2. The number of carbonyl (C=O) groups is 2. The zero-order valence-corrected chi connectivity index (χ0v) is 23.6. The maximum absolute atomic E-state index is 15.2. The Kier molecular flexibility index (Phi) is 6.56. The monoisotopic (exact) mass is 582 g/mol. The maximum atomic E-state index is 15.2. The number of pyridine rings is 1. The number of nitrogens with one attached hydrogen (secondary N) is 1. The van der Waals surface area contributed by atoms with Crippen LogP contribution in [0.15, 0.2) is 54.7 Å². The smallest absolute Gasteiger partial charge is 0.306 e. The summed E-state index contributed by atoms with van der Waals surface area (Å²) >= 11 is 12.7. The molecule has 3 heterocycles. The third kappa shape index (κ3) is 4.62. The van der Waals surface area contributed by atoms with Gasteiger partial charge in [-0.2, -0.15) is 0 Å². The molecule has 10 heteroatoms. The number of rotatable bonds is 6. The SMILES string of the molecule is CC1(C)C(=O)N(c2ccc(N3CC(F)(CNC4CC(C(=O)O)C4)C3)cc2)c2cc(Cl)ccc2-c2cc(Cl)cnc21. The number of carboxylic acids is 1. The molecule has 2 aromatic carbocycles. The van der Waals surface area contributed by atoms with Gasteiger partial charge in [0, 0.05) is 46.3 Å². The van der Waals surface area contributed by atoms with Gasteiger partial charge in [-0.15, -0.1) is 0 Å². The minimum atomic E-state index is -1.37. The van der Waals surface area contributed by atoms with Gasteiger partial charge in [0.05, 0.1) is 40.8 Å². The van der Waals surface area contributed by atoms with E-state index in [2.05, 4.69) is 10.3 Å². The maximum Gasteiger partial charge on any atom is 0.306 e. The average Bonchev–Trinajstić information content (AvgIpc) is 2.92. The number of benzene rings is 2. The molecule has 3 aromatic rings. The van der Waals surface area contributed by atoms with Crippen LogP contribution in [0.3, 0.4) is 0 Å². The van der Waals surface area contributed by atoms with Crippen molar-refractivity contribution in [2.24, 2.45) is 5.92 Å². The fraction of sp³-hybridized carbons (Fsp3) is 0.367. The van der Waals surface area contributed by atoms with Crippen molar-refractivity contribution in [2.75, 3.05) is 29.4 Å². The molecule has 1 aromatic heterocycles. The van der Waals surface area contributed by atoms with Crippen molar-refractivity contribution < 1.29 is 19.1 Å². The van der Waals surface area contributed by atoms with Gasteiger partial charge in [0.15, 0.2) is 5.67 Å². The Morgan fingerprint density at radius 3 is 2.40 bits per heavy atom. The molecule has 2 N–H and O–H groups in total. The van der Waals surface area contributed by atoms with Crippen LogP contribution in [0.25, 0.3) is 11.1 Å². The second kappa shape index (κ2) is 9.72. The number of hydrogen-bond acceptors (Lipinski definition) is 5. The van der Waals surface area contributed by atoms with Crippen molar-refractivity contribution in [1.82, 2.24) is 10.3 Å². The van der Waals surface area contributed by atoms with Crippen LogP contribution in [0.5, 0.6) is 0 Å². The molecular weight excluding hydrogens is 554 g/mol. The number of nitrogens with zero attached hydrogens (tertiary/aromatic N) is 3. The molecule has 2 fully saturated rings. The second-order valence-corrected chi connectivity index (χ2v) is 12.5. The molecule has 0 unspecified atom stereocenters. The van der Waals surface area contributed by atoms with Crippen LogP contribution < -0.4 is 15.1 Å². The number of fused-ring (bicyclic) bond motifs is 3. The van der Waals surface area contributed by atoms with Gasteiger partial charge in [-0.25, -0.2) is 4.39 Å². The Balaban J connectivity index is 1.22. The fourth-order valence-electron chi connectivity index (χ4n) is 5.86. The first-order chi connectivity index (χ1) is 18.9. The second-order valence-electron chi connectivity index (χ2n) is 11.6. The Hall–Kier alpha value is -3.20. The molecule has 0 spiro atoms. The van der Waals surface area contributed by atoms with Crippen molar-refractivity contribution >= 4 is 52.1 Å². The van der Waals surface area contributed by atoms with Gasteiger partial charge in [0.2, 0.25) is 5.91 Å². The molecule has 0 atom stereocenters. The van der Waals surface area contributed by atoms with Crippen molar-refractivity contribution in [1.29, 1.82) is 0 Å². The number of amides is 1. The van der Waals surface area contributed by atoms with Gasteiger partial charge < -0.3 is 15.3 Å². The number of aromatic nitrogens is 1. The van der Waals surface area contributed by atoms with E-state index in [4.69, 9.17) is 28.3 Å².